The number of rotatable bonds is 11. The van der Waals surface area contributed by atoms with Gasteiger partial charge in [-0.05, 0) is 11.8 Å². The summed E-state index contributed by atoms with van der Waals surface area (Å²) in [5.41, 5.74) is 0. The fourth-order valence-corrected chi connectivity index (χ4v) is 2.61. The molecule has 0 nitrogen and oxygen atoms in total. The molecule has 98 valence electrons. The number of hydrogen-bond donors (Lipinski definition) is 0. The molecular formula is C16H34. The molecule has 0 N–H and O–H groups in total. The molecule has 0 saturated carbocycles. The quantitative estimate of drug-likeness (QED) is 0.368. The monoisotopic (exact) mass is 226 g/mol. The van der Waals surface area contributed by atoms with Gasteiger partial charge in [-0.25, -0.2) is 0 Å². The van der Waals surface area contributed by atoms with Crippen LogP contribution in [0.25, 0.3) is 0 Å². The zero-order valence-electron chi connectivity index (χ0n) is 12.2. The third-order valence-corrected chi connectivity index (χ3v) is 3.88. The minimum Gasteiger partial charge on any atom is -0.0654 e. The highest BCUT2D eigenvalue weighted by atomic mass is 14.1. The van der Waals surface area contributed by atoms with E-state index in [0.29, 0.717) is 0 Å². The number of unbranched alkanes of at least 4 members (excludes halogenated alkanes) is 2. The van der Waals surface area contributed by atoms with Gasteiger partial charge in [-0.3, -0.25) is 0 Å². The summed E-state index contributed by atoms with van der Waals surface area (Å²) in [4.78, 5) is 0. The third-order valence-electron chi connectivity index (χ3n) is 3.88. The van der Waals surface area contributed by atoms with Crippen molar-refractivity contribution < 1.29 is 0 Å². The summed E-state index contributed by atoms with van der Waals surface area (Å²) in [6, 6.07) is 0. The smallest absolute Gasteiger partial charge is 0.0417 e. The Morgan fingerprint density at radius 2 is 1.31 bits per heavy atom. The maximum absolute atomic E-state index is 2.41. The molecular weight excluding hydrogens is 192 g/mol. The van der Waals surface area contributed by atoms with E-state index in [-0.39, 0.29) is 0 Å². The molecule has 0 rings (SSSR count). The largest absolute Gasteiger partial charge is 0.0654 e. The van der Waals surface area contributed by atoms with Crippen molar-refractivity contribution in [3.8, 4) is 0 Å². The fraction of sp³-hybridized carbons (Fsp3) is 1.00. The summed E-state index contributed by atoms with van der Waals surface area (Å²) in [7, 11) is 0. The molecule has 0 aliphatic heterocycles. The first-order valence-corrected chi connectivity index (χ1v) is 7.74. The van der Waals surface area contributed by atoms with E-state index < -0.39 is 0 Å². The van der Waals surface area contributed by atoms with Crippen LogP contribution in [0.4, 0.5) is 0 Å². The molecule has 0 saturated heterocycles. The maximum Gasteiger partial charge on any atom is -0.0417 e. The second kappa shape index (κ2) is 11.5. The molecule has 0 bridgehead atoms. The maximum atomic E-state index is 2.41. The Hall–Kier alpha value is 0. The van der Waals surface area contributed by atoms with Gasteiger partial charge in [-0.15, -0.1) is 0 Å². The SMILES string of the molecule is CCCCC(CC)CCCCC(C)CCC. The first-order valence-electron chi connectivity index (χ1n) is 7.74. The van der Waals surface area contributed by atoms with Crippen LogP contribution in [0.3, 0.4) is 0 Å². The average Bonchev–Trinajstić information content (AvgIpc) is 2.28. The molecule has 2 unspecified atom stereocenters. The van der Waals surface area contributed by atoms with E-state index in [1.165, 1.54) is 64.2 Å². The standard InChI is InChI=1S/C16H34/c1-5-8-13-16(7-3)14-10-9-12-15(4)11-6-2/h15-16H,5-14H2,1-4H3. The Labute approximate surface area is 104 Å². The lowest BCUT2D eigenvalue weighted by Crippen LogP contribution is -2.00. The second-order valence-electron chi connectivity index (χ2n) is 5.59. The van der Waals surface area contributed by atoms with Crippen LogP contribution in [0, 0.1) is 11.8 Å². The Morgan fingerprint density at radius 1 is 0.688 bits per heavy atom. The fourth-order valence-electron chi connectivity index (χ4n) is 2.61. The van der Waals surface area contributed by atoms with Crippen molar-refractivity contribution >= 4 is 0 Å². The Bertz CT molecular complexity index is 128. The Balaban J connectivity index is 3.39. The van der Waals surface area contributed by atoms with Crippen LogP contribution in [0.2, 0.25) is 0 Å². The second-order valence-corrected chi connectivity index (χ2v) is 5.59. The van der Waals surface area contributed by atoms with E-state index in [1.54, 1.807) is 0 Å². The van der Waals surface area contributed by atoms with Crippen LogP contribution < -0.4 is 0 Å². The van der Waals surface area contributed by atoms with Crippen molar-refractivity contribution in [1.29, 1.82) is 0 Å². The van der Waals surface area contributed by atoms with Crippen LogP contribution in [-0.2, 0) is 0 Å². The molecule has 2 atom stereocenters. The molecule has 0 aromatic rings. The van der Waals surface area contributed by atoms with Gasteiger partial charge in [0.2, 0.25) is 0 Å². The predicted molar refractivity (Wildman–Crippen MR) is 75.8 cm³/mol. The zero-order chi connectivity index (χ0) is 12.2. The van der Waals surface area contributed by atoms with E-state index >= 15 is 0 Å². The predicted octanol–water partition coefficient (Wildman–Crippen LogP) is 6.20. The topological polar surface area (TPSA) is 0 Å². The van der Waals surface area contributed by atoms with E-state index in [2.05, 4.69) is 27.7 Å². The van der Waals surface area contributed by atoms with Crippen molar-refractivity contribution in [1.82, 2.24) is 0 Å². The molecule has 0 heteroatoms. The molecule has 0 amide bonds. The number of hydrogen-bond acceptors (Lipinski definition) is 0. The van der Waals surface area contributed by atoms with Gasteiger partial charge >= 0.3 is 0 Å². The molecule has 16 heavy (non-hydrogen) atoms. The van der Waals surface area contributed by atoms with Crippen LogP contribution in [0.1, 0.15) is 91.9 Å². The first-order chi connectivity index (χ1) is 7.74. The molecule has 0 aliphatic carbocycles. The zero-order valence-corrected chi connectivity index (χ0v) is 12.2. The van der Waals surface area contributed by atoms with Gasteiger partial charge in [0.05, 0.1) is 0 Å². The van der Waals surface area contributed by atoms with Gasteiger partial charge in [-0.1, -0.05) is 91.9 Å². The molecule has 0 aliphatic rings. The molecule has 0 heterocycles. The van der Waals surface area contributed by atoms with Crippen molar-refractivity contribution in [2.45, 2.75) is 91.9 Å². The highest BCUT2D eigenvalue weighted by molar-refractivity contribution is 4.59. The molecule has 0 radical (unpaired) electrons. The summed E-state index contributed by atoms with van der Waals surface area (Å²) in [5.74, 6) is 1.97. The summed E-state index contributed by atoms with van der Waals surface area (Å²) in [6.45, 7) is 9.38. The average molecular weight is 226 g/mol. The van der Waals surface area contributed by atoms with Crippen molar-refractivity contribution in [3.05, 3.63) is 0 Å². The molecule has 0 aromatic carbocycles. The van der Waals surface area contributed by atoms with Gasteiger partial charge in [-0.2, -0.15) is 0 Å². The van der Waals surface area contributed by atoms with Crippen LogP contribution in [0.15, 0.2) is 0 Å². The van der Waals surface area contributed by atoms with Gasteiger partial charge in [0.1, 0.15) is 0 Å². The highest BCUT2D eigenvalue weighted by Crippen LogP contribution is 2.21. The van der Waals surface area contributed by atoms with Crippen LogP contribution in [-0.4, -0.2) is 0 Å². The Morgan fingerprint density at radius 3 is 1.88 bits per heavy atom. The van der Waals surface area contributed by atoms with Crippen molar-refractivity contribution in [2.24, 2.45) is 11.8 Å². The first kappa shape index (κ1) is 16.0. The lowest BCUT2D eigenvalue weighted by molar-refractivity contribution is 0.384. The van der Waals surface area contributed by atoms with Crippen molar-refractivity contribution in [3.63, 3.8) is 0 Å². The van der Waals surface area contributed by atoms with Crippen LogP contribution in [0.5, 0.6) is 0 Å². The minimum absolute atomic E-state index is 0.959. The summed E-state index contributed by atoms with van der Waals surface area (Å²) >= 11 is 0. The van der Waals surface area contributed by atoms with Gasteiger partial charge in [0.15, 0.2) is 0 Å². The summed E-state index contributed by atoms with van der Waals surface area (Å²) < 4.78 is 0. The lowest BCUT2D eigenvalue weighted by atomic mass is 9.91. The van der Waals surface area contributed by atoms with Gasteiger partial charge < -0.3 is 0 Å². The summed E-state index contributed by atoms with van der Waals surface area (Å²) in [6.07, 6.45) is 14.3. The normalized spacial score (nSPS) is 15.0. The van der Waals surface area contributed by atoms with Gasteiger partial charge in [0.25, 0.3) is 0 Å². The lowest BCUT2D eigenvalue weighted by Gasteiger charge is -2.15. The highest BCUT2D eigenvalue weighted by Gasteiger charge is 2.06. The molecule has 0 fully saturated rings. The van der Waals surface area contributed by atoms with E-state index in [1.807, 2.05) is 0 Å². The van der Waals surface area contributed by atoms with E-state index in [0.717, 1.165) is 11.8 Å². The molecule has 0 aromatic heterocycles. The van der Waals surface area contributed by atoms with Gasteiger partial charge in [0, 0.05) is 0 Å². The van der Waals surface area contributed by atoms with Crippen LogP contribution >= 0.6 is 0 Å². The van der Waals surface area contributed by atoms with Crippen molar-refractivity contribution in [2.75, 3.05) is 0 Å². The van der Waals surface area contributed by atoms with E-state index in [4.69, 9.17) is 0 Å². The minimum atomic E-state index is 0.959. The van der Waals surface area contributed by atoms with E-state index in [9.17, 15) is 0 Å². The summed E-state index contributed by atoms with van der Waals surface area (Å²) in [5, 5.41) is 0. The molecule has 0 spiro atoms. The third kappa shape index (κ3) is 9.24. The Kier molecular flexibility index (Phi) is 11.5.